The normalized spacial score (nSPS) is 11.0. The van der Waals surface area contributed by atoms with E-state index in [1.807, 2.05) is 52.0 Å². The molecule has 0 atom stereocenters. The lowest BCUT2D eigenvalue weighted by Gasteiger charge is -2.16. The molecule has 0 saturated carbocycles. The van der Waals surface area contributed by atoms with E-state index in [2.05, 4.69) is 10.5 Å². The quantitative estimate of drug-likeness (QED) is 0.481. The number of nitrogens with zero attached hydrogens (tertiary/aromatic N) is 1. The predicted octanol–water partition coefficient (Wildman–Crippen LogP) is 4.05. The number of hydrogen-bond donors (Lipinski definition) is 1. The Labute approximate surface area is 171 Å². The summed E-state index contributed by atoms with van der Waals surface area (Å²) in [5, 5.41) is 4.20. The van der Waals surface area contributed by atoms with Crippen molar-refractivity contribution in [2.75, 3.05) is 26.9 Å². The lowest BCUT2D eigenvalue weighted by molar-refractivity contribution is 0.0953. The van der Waals surface area contributed by atoms with E-state index in [0.717, 1.165) is 11.3 Å². The molecule has 0 aliphatic carbocycles. The van der Waals surface area contributed by atoms with Crippen LogP contribution in [0, 0.1) is 0 Å². The molecule has 0 bridgehead atoms. The van der Waals surface area contributed by atoms with E-state index in [4.69, 9.17) is 18.9 Å². The maximum atomic E-state index is 12.7. The number of hydrogen-bond acceptors (Lipinski definition) is 6. The van der Waals surface area contributed by atoms with Crippen molar-refractivity contribution in [2.24, 2.45) is 5.10 Å². The van der Waals surface area contributed by atoms with Crippen LogP contribution in [0.4, 0.5) is 0 Å². The van der Waals surface area contributed by atoms with E-state index >= 15 is 0 Å². The zero-order chi connectivity index (χ0) is 21.2. The van der Waals surface area contributed by atoms with Crippen molar-refractivity contribution in [3.8, 4) is 23.0 Å². The van der Waals surface area contributed by atoms with Gasteiger partial charge >= 0.3 is 0 Å². The van der Waals surface area contributed by atoms with Crippen LogP contribution in [0.3, 0.4) is 0 Å². The van der Waals surface area contributed by atoms with E-state index in [0.29, 0.717) is 48.3 Å². The van der Waals surface area contributed by atoms with Crippen LogP contribution in [0.15, 0.2) is 41.5 Å². The molecule has 156 valence electrons. The number of carbonyl (C=O) groups is 1. The Hall–Kier alpha value is -3.22. The highest BCUT2D eigenvalue weighted by Crippen LogP contribution is 2.39. The summed E-state index contributed by atoms with van der Waals surface area (Å²) in [4.78, 5) is 12.7. The first kappa shape index (κ1) is 22.1. The van der Waals surface area contributed by atoms with Crippen molar-refractivity contribution < 1.29 is 23.7 Å². The molecule has 0 radical (unpaired) electrons. The lowest BCUT2D eigenvalue weighted by Crippen LogP contribution is -2.20. The Bertz CT molecular complexity index is 837. The molecule has 0 heterocycles. The highest BCUT2D eigenvalue weighted by Gasteiger charge is 2.18. The number of ether oxygens (including phenoxy) is 4. The van der Waals surface area contributed by atoms with E-state index in [-0.39, 0.29) is 5.91 Å². The molecule has 2 aromatic rings. The Morgan fingerprint density at radius 2 is 1.55 bits per heavy atom. The zero-order valence-electron chi connectivity index (χ0n) is 17.6. The fourth-order valence-electron chi connectivity index (χ4n) is 2.63. The first-order valence-electron chi connectivity index (χ1n) is 9.59. The monoisotopic (exact) mass is 400 g/mol. The molecule has 2 rings (SSSR count). The fourth-order valence-corrected chi connectivity index (χ4v) is 2.63. The third-order valence-electron chi connectivity index (χ3n) is 3.98. The van der Waals surface area contributed by atoms with Crippen LogP contribution >= 0.6 is 0 Å². The van der Waals surface area contributed by atoms with Crippen LogP contribution in [0.1, 0.15) is 43.6 Å². The van der Waals surface area contributed by atoms with Gasteiger partial charge in [-0.3, -0.25) is 4.79 Å². The van der Waals surface area contributed by atoms with Gasteiger partial charge in [-0.1, -0.05) is 12.1 Å². The van der Waals surface area contributed by atoms with E-state index in [1.165, 1.54) is 0 Å². The molecule has 0 saturated heterocycles. The van der Waals surface area contributed by atoms with Gasteiger partial charge in [-0.25, -0.2) is 5.43 Å². The maximum absolute atomic E-state index is 12.7. The SMILES string of the molecule is CCOc1cc(C(=O)NN=C(C)c2cccc(OC)c2)cc(OCC)c1OCC. The molecular formula is C22H28N2O5. The summed E-state index contributed by atoms with van der Waals surface area (Å²) in [5.74, 6) is 1.75. The third-order valence-corrected chi connectivity index (χ3v) is 3.98. The largest absolute Gasteiger partial charge is 0.497 e. The van der Waals surface area contributed by atoms with Crippen LogP contribution in [0.5, 0.6) is 23.0 Å². The fraction of sp³-hybridized carbons (Fsp3) is 0.364. The summed E-state index contributed by atoms with van der Waals surface area (Å²) in [6.07, 6.45) is 0. The Morgan fingerprint density at radius 1 is 0.931 bits per heavy atom. The highest BCUT2D eigenvalue weighted by molar-refractivity contribution is 6.01. The molecule has 0 aliphatic rings. The predicted molar refractivity (Wildman–Crippen MR) is 113 cm³/mol. The van der Waals surface area contributed by atoms with Crippen LogP contribution in [0.25, 0.3) is 0 Å². The Kier molecular flexibility index (Phi) is 8.33. The second-order valence-electron chi connectivity index (χ2n) is 5.97. The molecule has 7 nitrogen and oxygen atoms in total. The smallest absolute Gasteiger partial charge is 0.271 e. The van der Waals surface area contributed by atoms with Gasteiger partial charge in [0.15, 0.2) is 11.5 Å². The Balaban J connectivity index is 2.28. The number of rotatable bonds is 10. The summed E-state index contributed by atoms with van der Waals surface area (Å²) < 4.78 is 22.2. The molecule has 2 aromatic carbocycles. The number of nitrogens with one attached hydrogen (secondary N) is 1. The van der Waals surface area contributed by atoms with Gasteiger partial charge in [0.25, 0.3) is 5.91 Å². The summed E-state index contributed by atoms with van der Waals surface area (Å²) >= 11 is 0. The number of carbonyl (C=O) groups excluding carboxylic acids is 1. The van der Waals surface area contributed by atoms with E-state index in [1.54, 1.807) is 19.2 Å². The van der Waals surface area contributed by atoms with Crippen molar-refractivity contribution in [2.45, 2.75) is 27.7 Å². The molecule has 0 aliphatic heterocycles. The minimum absolute atomic E-state index is 0.363. The lowest BCUT2D eigenvalue weighted by atomic mass is 10.1. The van der Waals surface area contributed by atoms with Crippen molar-refractivity contribution in [3.05, 3.63) is 47.5 Å². The van der Waals surface area contributed by atoms with Crippen LogP contribution < -0.4 is 24.4 Å². The minimum atomic E-state index is -0.378. The van der Waals surface area contributed by atoms with Gasteiger partial charge in [-0.05, 0) is 52.0 Å². The first-order chi connectivity index (χ1) is 14.0. The topological polar surface area (TPSA) is 78.4 Å². The average molecular weight is 400 g/mol. The van der Waals surface area contributed by atoms with Gasteiger partial charge in [0.05, 0.1) is 32.6 Å². The van der Waals surface area contributed by atoms with E-state index < -0.39 is 0 Å². The number of amides is 1. The number of benzene rings is 2. The van der Waals surface area contributed by atoms with Gasteiger partial charge in [0.1, 0.15) is 5.75 Å². The second-order valence-corrected chi connectivity index (χ2v) is 5.97. The van der Waals surface area contributed by atoms with Gasteiger partial charge in [-0.2, -0.15) is 5.10 Å². The third kappa shape index (κ3) is 5.88. The zero-order valence-corrected chi connectivity index (χ0v) is 17.6. The van der Waals surface area contributed by atoms with Crippen LogP contribution in [-0.4, -0.2) is 38.5 Å². The second kappa shape index (κ2) is 10.9. The van der Waals surface area contributed by atoms with Gasteiger partial charge in [0, 0.05) is 11.1 Å². The molecule has 1 amide bonds. The number of methoxy groups -OCH3 is 1. The summed E-state index contributed by atoms with van der Waals surface area (Å²) in [6.45, 7) is 8.74. The van der Waals surface area contributed by atoms with Crippen molar-refractivity contribution in [1.82, 2.24) is 5.43 Å². The van der Waals surface area contributed by atoms with Crippen LogP contribution in [-0.2, 0) is 0 Å². The van der Waals surface area contributed by atoms with Crippen molar-refractivity contribution in [3.63, 3.8) is 0 Å². The molecule has 7 heteroatoms. The first-order valence-corrected chi connectivity index (χ1v) is 9.59. The molecule has 0 fully saturated rings. The van der Waals surface area contributed by atoms with Crippen LogP contribution in [0.2, 0.25) is 0 Å². The summed E-state index contributed by atoms with van der Waals surface area (Å²) in [7, 11) is 1.60. The molecule has 1 N–H and O–H groups in total. The van der Waals surface area contributed by atoms with E-state index in [9.17, 15) is 4.79 Å². The van der Waals surface area contributed by atoms with Gasteiger partial charge in [-0.15, -0.1) is 0 Å². The number of hydrazone groups is 1. The molecular weight excluding hydrogens is 372 g/mol. The standard InChI is InChI=1S/C22H28N2O5/c1-6-27-19-13-17(14-20(28-7-2)21(19)29-8-3)22(25)24-23-15(4)16-10-9-11-18(12-16)26-5/h9-14H,6-8H2,1-5H3,(H,24,25). The molecule has 0 spiro atoms. The summed E-state index contributed by atoms with van der Waals surface area (Å²) in [6, 6.07) is 10.7. The Morgan fingerprint density at radius 3 is 2.10 bits per heavy atom. The molecule has 0 unspecified atom stereocenters. The summed E-state index contributed by atoms with van der Waals surface area (Å²) in [5.41, 5.74) is 4.44. The minimum Gasteiger partial charge on any atom is -0.497 e. The van der Waals surface area contributed by atoms with Crippen molar-refractivity contribution in [1.29, 1.82) is 0 Å². The average Bonchev–Trinajstić information content (AvgIpc) is 2.74. The van der Waals surface area contributed by atoms with Gasteiger partial charge < -0.3 is 18.9 Å². The highest BCUT2D eigenvalue weighted by atomic mass is 16.5. The maximum Gasteiger partial charge on any atom is 0.271 e. The van der Waals surface area contributed by atoms with Crippen molar-refractivity contribution >= 4 is 11.6 Å². The molecule has 0 aromatic heterocycles. The molecule has 29 heavy (non-hydrogen) atoms. The van der Waals surface area contributed by atoms with Gasteiger partial charge in [0.2, 0.25) is 5.75 Å².